The van der Waals surface area contributed by atoms with Crippen LogP contribution in [0.5, 0.6) is 0 Å². The maximum absolute atomic E-state index is 13.4. The molecule has 0 atom stereocenters. The molecule has 17 heavy (non-hydrogen) atoms. The van der Waals surface area contributed by atoms with E-state index in [9.17, 15) is 9.18 Å². The number of halogens is 1. The van der Waals surface area contributed by atoms with E-state index in [-0.39, 0.29) is 17.9 Å². The van der Waals surface area contributed by atoms with Gasteiger partial charge in [0.1, 0.15) is 12.4 Å². The molecule has 2 rings (SSSR count). The van der Waals surface area contributed by atoms with E-state index >= 15 is 0 Å². The van der Waals surface area contributed by atoms with Crippen LogP contribution in [0.15, 0.2) is 29.9 Å². The molecule has 0 amide bonds. The summed E-state index contributed by atoms with van der Waals surface area (Å²) in [6, 6.07) is 3.84. The number of anilines is 1. The molecule has 0 radical (unpaired) electrons. The Bertz CT molecular complexity index is 528. The lowest BCUT2D eigenvalue weighted by Crippen LogP contribution is -2.07. The van der Waals surface area contributed by atoms with Gasteiger partial charge < -0.3 is 10.5 Å². The van der Waals surface area contributed by atoms with E-state index in [2.05, 4.69) is 4.98 Å². The van der Waals surface area contributed by atoms with E-state index in [4.69, 9.17) is 10.5 Å². The highest BCUT2D eigenvalue weighted by Gasteiger charge is 2.13. The minimum Gasteiger partial charge on any atom is -0.456 e. The summed E-state index contributed by atoms with van der Waals surface area (Å²) in [6.45, 7) is 0.0906. The number of nitrogen functional groups attached to an aromatic ring is 1. The molecule has 0 saturated carbocycles. The molecular formula is C11H9FN2O2S. The lowest BCUT2D eigenvalue weighted by Gasteiger charge is -2.04. The fourth-order valence-electron chi connectivity index (χ4n) is 1.22. The van der Waals surface area contributed by atoms with Gasteiger partial charge in [-0.3, -0.25) is 4.98 Å². The van der Waals surface area contributed by atoms with Crippen LogP contribution in [0.2, 0.25) is 0 Å². The summed E-state index contributed by atoms with van der Waals surface area (Å²) in [5.74, 6) is -1.39. The number of benzene rings is 1. The number of esters is 1. The Balaban J connectivity index is 2.04. The van der Waals surface area contributed by atoms with Gasteiger partial charge in [-0.15, -0.1) is 11.3 Å². The zero-order valence-electron chi connectivity index (χ0n) is 8.72. The largest absolute Gasteiger partial charge is 0.456 e. The van der Waals surface area contributed by atoms with Crippen molar-refractivity contribution in [3.8, 4) is 0 Å². The van der Waals surface area contributed by atoms with E-state index in [1.165, 1.54) is 23.5 Å². The number of ether oxygens (including phenoxy) is 1. The molecule has 0 bridgehead atoms. The van der Waals surface area contributed by atoms with E-state index in [0.717, 1.165) is 10.9 Å². The SMILES string of the molecule is Nc1ccc(C(=O)OCc2cncs2)c(F)c1. The van der Waals surface area contributed by atoms with Crippen LogP contribution in [0.4, 0.5) is 10.1 Å². The average Bonchev–Trinajstić information content (AvgIpc) is 2.78. The van der Waals surface area contributed by atoms with Crippen LogP contribution in [-0.2, 0) is 11.3 Å². The minimum absolute atomic E-state index is 0.0906. The van der Waals surface area contributed by atoms with Crippen molar-refractivity contribution in [2.45, 2.75) is 6.61 Å². The molecule has 1 aromatic carbocycles. The molecule has 1 heterocycles. The maximum Gasteiger partial charge on any atom is 0.341 e. The number of aromatic nitrogens is 1. The van der Waals surface area contributed by atoms with Crippen molar-refractivity contribution in [2.24, 2.45) is 0 Å². The van der Waals surface area contributed by atoms with Gasteiger partial charge in [0.05, 0.1) is 16.0 Å². The first kappa shape index (κ1) is 11.5. The van der Waals surface area contributed by atoms with Crippen LogP contribution in [0.1, 0.15) is 15.2 Å². The number of hydrogen-bond donors (Lipinski definition) is 1. The molecule has 0 fully saturated rings. The Kier molecular flexibility index (Phi) is 3.34. The van der Waals surface area contributed by atoms with E-state index in [1.54, 1.807) is 11.7 Å². The molecule has 4 nitrogen and oxygen atoms in total. The van der Waals surface area contributed by atoms with Gasteiger partial charge in [0.15, 0.2) is 0 Å². The van der Waals surface area contributed by atoms with Crippen molar-refractivity contribution >= 4 is 23.0 Å². The highest BCUT2D eigenvalue weighted by atomic mass is 32.1. The number of carbonyl (C=O) groups is 1. The van der Waals surface area contributed by atoms with E-state index < -0.39 is 11.8 Å². The smallest absolute Gasteiger partial charge is 0.341 e. The van der Waals surface area contributed by atoms with Crippen LogP contribution >= 0.6 is 11.3 Å². The van der Waals surface area contributed by atoms with Crippen molar-refractivity contribution in [3.63, 3.8) is 0 Å². The van der Waals surface area contributed by atoms with Crippen LogP contribution < -0.4 is 5.73 Å². The zero-order chi connectivity index (χ0) is 12.3. The third-order valence-electron chi connectivity index (χ3n) is 2.04. The van der Waals surface area contributed by atoms with Crippen LogP contribution in [0.25, 0.3) is 0 Å². The average molecular weight is 252 g/mol. The molecule has 6 heteroatoms. The second-order valence-corrected chi connectivity index (χ2v) is 4.25. The van der Waals surface area contributed by atoms with Gasteiger partial charge in [0.25, 0.3) is 0 Å². The van der Waals surface area contributed by atoms with Crippen molar-refractivity contribution in [2.75, 3.05) is 5.73 Å². The van der Waals surface area contributed by atoms with Crippen molar-refractivity contribution < 1.29 is 13.9 Å². The van der Waals surface area contributed by atoms with Crippen LogP contribution in [0, 0.1) is 5.82 Å². The highest BCUT2D eigenvalue weighted by molar-refractivity contribution is 7.09. The summed E-state index contributed by atoms with van der Waals surface area (Å²) < 4.78 is 18.3. The van der Waals surface area contributed by atoms with E-state index in [1.807, 2.05) is 0 Å². The van der Waals surface area contributed by atoms with Gasteiger partial charge in [0, 0.05) is 11.9 Å². The molecule has 0 aliphatic rings. The highest BCUT2D eigenvalue weighted by Crippen LogP contribution is 2.14. The number of thiazole rings is 1. The fourth-order valence-corrected chi connectivity index (χ4v) is 1.73. The zero-order valence-corrected chi connectivity index (χ0v) is 9.54. The van der Waals surface area contributed by atoms with Gasteiger partial charge in [-0.25, -0.2) is 9.18 Å². The second-order valence-electron chi connectivity index (χ2n) is 3.28. The van der Waals surface area contributed by atoms with Crippen molar-refractivity contribution in [3.05, 3.63) is 46.2 Å². The van der Waals surface area contributed by atoms with Crippen LogP contribution in [-0.4, -0.2) is 11.0 Å². The van der Waals surface area contributed by atoms with Crippen molar-refractivity contribution in [1.29, 1.82) is 0 Å². The number of rotatable bonds is 3. The van der Waals surface area contributed by atoms with Gasteiger partial charge in [-0.1, -0.05) is 0 Å². The Morgan fingerprint density at radius 2 is 2.35 bits per heavy atom. The predicted octanol–water partition coefficient (Wildman–Crippen LogP) is 2.22. The molecule has 88 valence electrons. The maximum atomic E-state index is 13.4. The van der Waals surface area contributed by atoms with E-state index in [0.29, 0.717) is 0 Å². The number of nitrogens with two attached hydrogens (primary N) is 1. The molecule has 1 aromatic heterocycles. The Labute approximate surface area is 101 Å². The number of nitrogens with zero attached hydrogens (tertiary/aromatic N) is 1. The minimum atomic E-state index is -0.712. The molecule has 0 unspecified atom stereocenters. The lowest BCUT2D eigenvalue weighted by atomic mass is 10.2. The summed E-state index contributed by atoms with van der Waals surface area (Å²) >= 11 is 1.36. The normalized spacial score (nSPS) is 10.2. The monoisotopic (exact) mass is 252 g/mol. The molecule has 0 aliphatic heterocycles. The first-order chi connectivity index (χ1) is 8.16. The van der Waals surface area contributed by atoms with Crippen molar-refractivity contribution in [1.82, 2.24) is 4.98 Å². The topological polar surface area (TPSA) is 65.2 Å². The Hall–Kier alpha value is -1.95. The summed E-state index contributed by atoms with van der Waals surface area (Å²) in [4.78, 5) is 16.2. The summed E-state index contributed by atoms with van der Waals surface area (Å²) in [7, 11) is 0. The second kappa shape index (κ2) is 4.92. The summed E-state index contributed by atoms with van der Waals surface area (Å²) in [5, 5.41) is 0. The summed E-state index contributed by atoms with van der Waals surface area (Å²) in [6.07, 6.45) is 1.59. The Morgan fingerprint density at radius 3 is 3.00 bits per heavy atom. The first-order valence-electron chi connectivity index (χ1n) is 4.76. The third-order valence-corrected chi connectivity index (χ3v) is 2.80. The number of hydrogen-bond acceptors (Lipinski definition) is 5. The first-order valence-corrected chi connectivity index (χ1v) is 5.64. The van der Waals surface area contributed by atoms with Gasteiger partial charge in [0.2, 0.25) is 0 Å². The molecule has 0 spiro atoms. The lowest BCUT2D eigenvalue weighted by molar-refractivity contribution is 0.0471. The number of carbonyl (C=O) groups excluding carboxylic acids is 1. The molecule has 0 saturated heterocycles. The summed E-state index contributed by atoms with van der Waals surface area (Å²) in [5.41, 5.74) is 7.16. The van der Waals surface area contributed by atoms with Gasteiger partial charge >= 0.3 is 5.97 Å². The fraction of sp³-hybridized carbons (Fsp3) is 0.0909. The molecular weight excluding hydrogens is 243 g/mol. The third kappa shape index (κ3) is 2.79. The van der Waals surface area contributed by atoms with Crippen LogP contribution in [0.3, 0.4) is 0 Å². The van der Waals surface area contributed by atoms with Gasteiger partial charge in [-0.05, 0) is 18.2 Å². The molecule has 2 aromatic rings. The quantitative estimate of drug-likeness (QED) is 0.672. The molecule has 2 N–H and O–H groups in total. The standard InChI is InChI=1S/C11H9FN2O2S/c12-10-3-7(13)1-2-9(10)11(15)16-5-8-4-14-6-17-8/h1-4,6H,5,13H2. The Morgan fingerprint density at radius 1 is 1.53 bits per heavy atom. The molecule has 0 aliphatic carbocycles. The van der Waals surface area contributed by atoms with Gasteiger partial charge in [-0.2, -0.15) is 0 Å². The predicted molar refractivity (Wildman–Crippen MR) is 62.0 cm³/mol.